The smallest absolute Gasteiger partial charge is 0.163 e. The van der Waals surface area contributed by atoms with Crippen LogP contribution in [0.25, 0.3) is 10.9 Å². The number of fused-ring (bicyclic) bond motifs is 1. The lowest BCUT2D eigenvalue weighted by Gasteiger charge is -2.08. The summed E-state index contributed by atoms with van der Waals surface area (Å²) < 4.78 is 5.16. The zero-order valence-corrected chi connectivity index (χ0v) is 9.43. The molecule has 0 saturated carbocycles. The van der Waals surface area contributed by atoms with Crippen molar-refractivity contribution in [1.29, 1.82) is 0 Å². The maximum absolute atomic E-state index is 6.03. The number of nitrogens with two attached hydrogens (primary N) is 1. The number of hydrogen-bond acceptors (Lipinski definition) is 3. The maximum Gasteiger partial charge on any atom is 0.163 e. The van der Waals surface area contributed by atoms with Gasteiger partial charge in [-0.1, -0.05) is 23.2 Å². The van der Waals surface area contributed by atoms with E-state index in [2.05, 4.69) is 4.98 Å². The fourth-order valence-electron chi connectivity index (χ4n) is 1.41. The van der Waals surface area contributed by atoms with E-state index in [1.165, 1.54) is 13.3 Å². The Balaban J connectivity index is 2.90. The highest BCUT2D eigenvalue weighted by Gasteiger charge is 2.11. The second-order valence-corrected chi connectivity index (χ2v) is 3.85. The zero-order valence-electron chi connectivity index (χ0n) is 7.92. The molecule has 0 aliphatic rings. The molecule has 2 aromatic rings. The molecule has 15 heavy (non-hydrogen) atoms. The SMILES string of the molecule is COc1c(Cl)cc(Cl)c2cc(N)cnc12. The van der Waals surface area contributed by atoms with Crippen LogP contribution in [0.1, 0.15) is 0 Å². The van der Waals surface area contributed by atoms with E-state index >= 15 is 0 Å². The number of pyridine rings is 1. The van der Waals surface area contributed by atoms with E-state index in [-0.39, 0.29) is 0 Å². The normalized spacial score (nSPS) is 10.6. The Labute approximate surface area is 96.8 Å². The molecule has 1 aromatic carbocycles. The molecule has 0 fully saturated rings. The highest BCUT2D eigenvalue weighted by molar-refractivity contribution is 6.39. The summed E-state index contributed by atoms with van der Waals surface area (Å²) in [7, 11) is 1.53. The first-order valence-corrected chi connectivity index (χ1v) is 4.96. The van der Waals surface area contributed by atoms with Gasteiger partial charge in [0.15, 0.2) is 5.75 Å². The third kappa shape index (κ3) is 1.68. The summed E-state index contributed by atoms with van der Waals surface area (Å²) >= 11 is 12.0. The molecule has 0 spiro atoms. The number of anilines is 1. The molecule has 0 bridgehead atoms. The Hall–Kier alpha value is -1.19. The first kappa shape index (κ1) is 10.3. The summed E-state index contributed by atoms with van der Waals surface area (Å²) in [5.41, 5.74) is 6.79. The molecule has 0 radical (unpaired) electrons. The van der Waals surface area contributed by atoms with Crippen molar-refractivity contribution in [1.82, 2.24) is 4.98 Å². The van der Waals surface area contributed by atoms with Crippen LogP contribution < -0.4 is 10.5 Å². The van der Waals surface area contributed by atoms with Gasteiger partial charge >= 0.3 is 0 Å². The molecule has 2 rings (SSSR count). The molecule has 0 atom stereocenters. The van der Waals surface area contributed by atoms with E-state index in [4.69, 9.17) is 33.7 Å². The van der Waals surface area contributed by atoms with Crippen molar-refractivity contribution >= 4 is 39.8 Å². The van der Waals surface area contributed by atoms with Crippen LogP contribution >= 0.6 is 23.2 Å². The number of benzene rings is 1. The topological polar surface area (TPSA) is 48.1 Å². The van der Waals surface area contributed by atoms with E-state index in [1.807, 2.05) is 0 Å². The van der Waals surface area contributed by atoms with Crippen molar-refractivity contribution in [2.24, 2.45) is 0 Å². The summed E-state index contributed by atoms with van der Waals surface area (Å²) in [6, 6.07) is 3.36. The fourth-order valence-corrected chi connectivity index (χ4v) is 1.99. The predicted molar refractivity (Wildman–Crippen MR) is 62.7 cm³/mol. The van der Waals surface area contributed by atoms with Gasteiger partial charge in [-0.25, -0.2) is 0 Å². The van der Waals surface area contributed by atoms with Crippen LogP contribution in [0.4, 0.5) is 5.69 Å². The van der Waals surface area contributed by atoms with Gasteiger partial charge in [-0.2, -0.15) is 0 Å². The van der Waals surface area contributed by atoms with Crippen LogP contribution in [-0.2, 0) is 0 Å². The van der Waals surface area contributed by atoms with Gasteiger partial charge in [0.2, 0.25) is 0 Å². The molecule has 1 aromatic heterocycles. The lowest BCUT2D eigenvalue weighted by Crippen LogP contribution is -1.92. The van der Waals surface area contributed by atoms with E-state index < -0.39 is 0 Å². The minimum Gasteiger partial charge on any atom is -0.493 e. The van der Waals surface area contributed by atoms with Gasteiger partial charge in [-0.05, 0) is 12.1 Å². The van der Waals surface area contributed by atoms with Crippen molar-refractivity contribution < 1.29 is 4.74 Å². The minimum absolute atomic E-state index is 0.437. The van der Waals surface area contributed by atoms with Gasteiger partial charge in [0, 0.05) is 5.39 Å². The second kappa shape index (κ2) is 3.76. The van der Waals surface area contributed by atoms with Crippen LogP contribution in [0.2, 0.25) is 10.0 Å². The fraction of sp³-hybridized carbons (Fsp3) is 0.100. The van der Waals surface area contributed by atoms with E-state index in [1.54, 1.807) is 12.1 Å². The van der Waals surface area contributed by atoms with Crippen molar-refractivity contribution in [3.8, 4) is 5.75 Å². The number of ether oxygens (including phenoxy) is 1. The maximum atomic E-state index is 6.03. The predicted octanol–water partition coefficient (Wildman–Crippen LogP) is 3.13. The van der Waals surface area contributed by atoms with Gasteiger partial charge in [0.05, 0.1) is 29.0 Å². The third-order valence-electron chi connectivity index (χ3n) is 2.06. The van der Waals surface area contributed by atoms with Gasteiger partial charge in [-0.3, -0.25) is 4.98 Å². The summed E-state index contributed by atoms with van der Waals surface area (Å²) in [6.45, 7) is 0. The molecule has 1 heterocycles. The Morgan fingerprint density at radius 2 is 2.00 bits per heavy atom. The summed E-state index contributed by atoms with van der Waals surface area (Å²) in [4.78, 5) is 4.15. The Bertz CT molecular complexity index is 528. The number of rotatable bonds is 1. The van der Waals surface area contributed by atoms with Crippen molar-refractivity contribution in [3.05, 3.63) is 28.4 Å². The Kier molecular flexibility index (Phi) is 2.59. The molecule has 0 aliphatic heterocycles. The molecule has 78 valence electrons. The molecule has 0 amide bonds. The highest BCUT2D eigenvalue weighted by atomic mass is 35.5. The largest absolute Gasteiger partial charge is 0.493 e. The van der Waals surface area contributed by atoms with Gasteiger partial charge < -0.3 is 10.5 Å². The summed E-state index contributed by atoms with van der Waals surface area (Å²) in [5.74, 6) is 0.510. The molecule has 2 N–H and O–H groups in total. The number of nitrogens with zero attached hydrogens (tertiary/aromatic N) is 1. The number of aromatic nitrogens is 1. The van der Waals surface area contributed by atoms with Crippen LogP contribution in [0, 0.1) is 0 Å². The minimum atomic E-state index is 0.437. The average molecular weight is 243 g/mol. The van der Waals surface area contributed by atoms with Crippen molar-refractivity contribution in [3.63, 3.8) is 0 Å². The average Bonchev–Trinajstić information content (AvgIpc) is 2.19. The monoisotopic (exact) mass is 242 g/mol. The standard InChI is InChI=1S/C10H8Cl2N2O/c1-15-10-8(12)3-7(11)6-2-5(13)4-14-9(6)10/h2-4H,13H2,1H3. The van der Waals surface area contributed by atoms with E-state index in [0.717, 1.165) is 5.39 Å². The van der Waals surface area contributed by atoms with Crippen LogP contribution in [0.5, 0.6) is 5.75 Å². The molecule has 0 saturated heterocycles. The molecule has 3 nitrogen and oxygen atoms in total. The van der Waals surface area contributed by atoms with Crippen molar-refractivity contribution in [2.45, 2.75) is 0 Å². The van der Waals surface area contributed by atoms with Crippen LogP contribution in [0.3, 0.4) is 0 Å². The summed E-state index contributed by atoms with van der Waals surface area (Å²) in [5, 5.41) is 1.68. The highest BCUT2D eigenvalue weighted by Crippen LogP contribution is 2.37. The Morgan fingerprint density at radius 3 is 2.67 bits per heavy atom. The van der Waals surface area contributed by atoms with Crippen LogP contribution in [0.15, 0.2) is 18.3 Å². The zero-order chi connectivity index (χ0) is 11.0. The molecule has 0 aliphatic carbocycles. The van der Waals surface area contributed by atoms with Gasteiger partial charge in [0.25, 0.3) is 0 Å². The molecule has 0 unspecified atom stereocenters. The molecule has 5 heteroatoms. The first-order valence-electron chi connectivity index (χ1n) is 4.20. The van der Waals surface area contributed by atoms with Gasteiger partial charge in [0.1, 0.15) is 5.52 Å². The third-order valence-corrected chi connectivity index (χ3v) is 2.65. The van der Waals surface area contributed by atoms with Gasteiger partial charge in [-0.15, -0.1) is 0 Å². The lowest BCUT2D eigenvalue weighted by atomic mass is 10.2. The molecular weight excluding hydrogens is 235 g/mol. The first-order chi connectivity index (χ1) is 7.13. The summed E-state index contributed by atoms with van der Waals surface area (Å²) in [6.07, 6.45) is 1.54. The Morgan fingerprint density at radius 1 is 1.27 bits per heavy atom. The van der Waals surface area contributed by atoms with Crippen molar-refractivity contribution in [2.75, 3.05) is 12.8 Å². The van der Waals surface area contributed by atoms with E-state index in [9.17, 15) is 0 Å². The van der Waals surface area contributed by atoms with Crippen LogP contribution in [-0.4, -0.2) is 12.1 Å². The lowest BCUT2D eigenvalue weighted by molar-refractivity contribution is 0.419. The second-order valence-electron chi connectivity index (χ2n) is 3.04. The number of nitrogen functional groups attached to an aromatic ring is 1. The quantitative estimate of drug-likeness (QED) is 0.836. The number of halogens is 2. The number of hydrogen-bond donors (Lipinski definition) is 1. The number of methoxy groups -OCH3 is 1. The molecular formula is C10H8Cl2N2O. The van der Waals surface area contributed by atoms with E-state index in [0.29, 0.717) is 27.0 Å².